The molecule has 5 nitrogen and oxygen atoms in total. The van der Waals surface area contributed by atoms with E-state index >= 15 is 0 Å². The lowest BCUT2D eigenvalue weighted by Gasteiger charge is -2.11. The molecule has 14 heavy (non-hydrogen) atoms. The summed E-state index contributed by atoms with van der Waals surface area (Å²) in [6.07, 6.45) is 1.48. The highest BCUT2D eigenvalue weighted by atomic mass is 16.4. The first kappa shape index (κ1) is 10.6. The zero-order chi connectivity index (χ0) is 10.7. The van der Waals surface area contributed by atoms with Gasteiger partial charge in [-0.05, 0) is 18.6 Å². The van der Waals surface area contributed by atoms with E-state index in [0.29, 0.717) is 5.56 Å². The summed E-state index contributed by atoms with van der Waals surface area (Å²) in [4.78, 5) is 14.8. The Bertz CT molecular complexity index is 352. The van der Waals surface area contributed by atoms with Crippen molar-refractivity contribution in [1.29, 1.82) is 0 Å². The van der Waals surface area contributed by atoms with Crippen molar-refractivity contribution in [2.75, 3.05) is 6.61 Å². The number of nitrogens with zero attached hydrogens (tertiary/aromatic N) is 1. The molecular formula is C9H12N2O3. The van der Waals surface area contributed by atoms with E-state index in [9.17, 15) is 4.79 Å². The van der Waals surface area contributed by atoms with Crippen molar-refractivity contribution in [2.24, 2.45) is 5.73 Å². The average molecular weight is 196 g/mol. The Balaban J connectivity index is 3.28. The molecule has 1 unspecified atom stereocenters. The summed E-state index contributed by atoms with van der Waals surface area (Å²) in [5, 5.41) is 17.7. The van der Waals surface area contributed by atoms with E-state index in [1.165, 1.54) is 6.20 Å². The van der Waals surface area contributed by atoms with E-state index in [4.69, 9.17) is 15.9 Å². The van der Waals surface area contributed by atoms with Gasteiger partial charge in [-0.15, -0.1) is 0 Å². The van der Waals surface area contributed by atoms with Crippen LogP contribution < -0.4 is 5.73 Å². The van der Waals surface area contributed by atoms with Crippen molar-refractivity contribution in [3.8, 4) is 0 Å². The second-order valence-electron chi connectivity index (χ2n) is 2.98. The maximum Gasteiger partial charge on any atom is 0.337 e. The predicted octanol–water partition coefficient (Wildman–Crippen LogP) is 0.0803. The van der Waals surface area contributed by atoms with E-state index in [0.717, 1.165) is 0 Å². The van der Waals surface area contributed by atoms with Crippen molar-refractivity contribution in [1.82, 2.24) is 4.98 Å². The molecule has 0 bridgehead atoms. The van der Waals surface area contributed by atoms with Crippen LogP contribution in [0, 0.1) is 6.92 Å². The number of aliphatic hydroxyl groups is 1. The summed E-state index contributed by atoms with van der Waals surface area (Å²) in [6, 6.07) is 0.845. The molecule has 1 rings (SSSR count). The van der Waals surface area contributed by atoms with Crippen LogP contribution >= 0.6 is 0 Å². The van der Waals surface area contributed by atoms with Crippen LogP contribution in [0.4, 0.5) is 0 Å². The van der Waals surface area contributed by atoms with E-state index in [1.54, 1.807) is 13.0 Å². The molecule has 0 spiro atoms. The standard InChI is InChI=1S/C9H12N2O3/c1-5-2-3-11-8(6(10)4-12)7(5)9(13)14/h2-3,6,12H,4,10H2,1H3,(H,13,14). The minimum atomic E-state index is -1.07. The SMILES string of the molecule is Cc1ccnc(C(N)CO)c1C(=O)O. The Morgan fingerprint density at radius 2 is 2.36 bits per heavy atom. The quantitative estimate of drug-likeness (QED) is 0.636. The molecule has 0 saturated heterocycles. The first-order valence-corrected chi connectivity index (χ1v) is 4.13. The van der Waals surface area contributed by atoms with Gasteiger partial charge < -0.3 is 15.9 Å². The topological polar surface area (TPSA) is 96.4 Å². The minimum absolute atomic E-state index is 0.0778. The molecule has 0 aromatic carbocycles. The average Bonchev–Trinajstić information content (AvgIpc) is 2.15. The number of hydrogen-bond donors (Lipinski definition) is 3. The van der Waals surface area contributed by atoms with Gasteiger partial charge in [0.15, 0.2) is 0 Å². The van der Waals surface area contributed by atoms with Gasteiger partial charge in [0.05, 0.1) is 23.9 Å². The van der Waals surface area contributed by atoms with Gasteiger partial charge in [0.1, 0.15) is 0 Å². The van der Waals surface area contributed by atoms with E-state index in [1.807, 2.05) is 0 Å². The Hall–Kier alpha value is -1.46. The molecule has 0 saturated carbocycles. The smallest absolute Gasteiger partial charge is 0.337 e. The summed E-state index contributed by atoms with van der Waals surface area (Å²) >= 11 is 0. The third-order valence-electron chi connectivity index (χ3n) is 1.95. The van der Waals surface area contributed by atoms with Crippen molar-refractivity contribution < 1.29 is 15.0 Å². The predicted molar refractivity (Wildman–Crippen MR) is 49.9 cm³/mol. The number of aliphatic hydroxyl groups excluding tert-OH is 1. The lowest BCUT2D eigenvalue weighted by Crippen LogP contribution is -2.20. The van der Waals surface area contributed by atoms with Crippen LogP contribution in [-0.2, 0) is 0 Å². The number of aryl methyl sites for hydroxylation is 1. The molecule has 0 fully saturated rings. The summed E-state index contributed by atoms with van der Waals surface area (Å²) in [5.74, 6) is -1.07. The minimum Gasteiger partial charge on any atom is -0.478 e. The third-order valence-corrected chi connectivity index (χ3v) is 1.95. The van der Waals surface area contributed by atoms with Gasteiger partial charge in [-0.25, -0.2) is 4.79 Å². The molecule has 4 N–H and O–H groups in total. The fourth-order valence-electron chi connectivity index (χ4n) is 1.23. The number of nitrogens with two attached hydrogens (primary N) is 1. The number of pyridine rings is 1. The van der Waals surface area contributed by atoms with E-state index in [2.05, 4.69) is 4.98 Å². The normalized spacial score (nSPS) is 12.5. The maximum absolute atomic E-state index is 10.9. The number of aromatic nitrogens is 1. The maximum atomic E-state index is 10.9. The van der Waals surface area contributed by atoms with Gasteiger partial charge in [0, 0.05) is 6.20 Å². The highest BCUT2D eigenvalue weighted by Gasteiger charge is 2.18. The molecule has 1 aromatic rings. The molecular weight excluding hydrogens is 184 g/mol. The monoisotopic (exact) mass is 196 g/mol. The Morgan fingerprint density at radius 3 is 2.86 bits per heavy atom. The first-order valence-electron chi connectivity index (χ1n) is 4.13. The largest absolute Gasteiger partial charge is 0.478 e. The zero-order valence-corrected chi connectivity index (χ0v) is 7.77. The Morgan fingerprint density at radius 1 is 1.71 bits per heavy atom. The van der Waals surface area contributed by atoms with Crippen molar-refractivity contribution in [3.63, 3.8) is 0 Å². The lowest BCUT2D eigenvalue weighted by atomic mass is 10.0. The molecule has 1 heterocycles. The van der Waals surface area contributed by atoms with Gasteiger partial charge in [-0.3, -0.25) is 4.98 Å². The molecule has 0 radical (unpaired) electrons. The fourth-order valence-corrected chi connectivity index (χ4v) is 1.23. The van der Waals surface area contributed by atoms with Crippen LogP contribution in [0.2, 0.25) is 0 Å². The summed E-state index contributed by atoms with van der Waals surface area (Å²) in [6.45, 7) is 1.34. The van der Waals surface area contributed by atoms with Gasteiger partial charge in [0.2, 0.25) is 0 Å². The van der Waals surface area contributed by atoms with Crippen molar-refractivity contribution in [3.05, 3.63) is 29.1 Å². The molecule has 0 amide bonds. The number of rotatable bonds is 3. The van der Waals surface area contributed by atoms with Gasteiger partial charge in [0.25, 0.3) is 0 Å². The fraction of sp³-hybridized carbons (Fsp3) is 0.333. The van der Waals surface area contributed by atoms with Crippen LogP contribution in [0.5, 0.6) is 0 Å². The van der Waals surface area contributed by atoms with Crippen LogP contribution in [0.3, 0.4) is 0 Å². The van der Waals surface area contributed by atoms with Crippen LogP contribution in [0.25, 0.3) is 0 Å². The zero-order valence-electron chi connectivity index (χ0n) is 7.77. The summed E-state index contributed by atoms with van der Waals surface area (Å²) in [5.41, 5.74) is 6.42. The third kappa shape index (κ3) is 1.89. The number of carboxylic acid groups (broad SMARTS) is 1. The highest BCUT2D eigenvalue weighted by Crippen LogP contribution is 2.16. The molecule has 0 aliphatic carbocycles. The molecule has 5 heteroatoms. The van der Waals surface area contributed by atoms with Crippen LogP contribution in [0.15, 0.2) is 12.3 Å². The number of carboxylic acids is 1. The van der Waals surface area contributed by atoms with E-state index in [-0.39, 0.29) is 17.9 Å². The second kappa shape index (κ2) is 4.17. The molecule has 1 atom stereocenters. The summed E-state index contributed by atoms with van der Waals surface area (Å²) < 4.78 is 0. The molecule has 1 aromatic heterocycles. The van der Waals surface area contributed by atoms with Gasteiger partial charge in [-0.2, -0.15) is 0 Å². The molecule has 0 aliphatic heterocycles. The summed E-state index contributed by atoms with van der Waals surface area (Å²) in [7, 11) is 0. The van der Waals surface area contributed by atoms with Gasteiger partial charge >= 0.3 is 5.97 Å². The Labute approximate surface area is 81.2 Å². The van der Waals surface area contributed by atoms with Gasteiger partial charge in [-0.1, -0.05) is 0 Å². The van der Waals surface area contributed by atoms with E-state index < -0.39 is 12.0 Å². The van der Waals surface area contributed by atoms with Crippen LogP contribution in [0.1, 0.15) is 27.7 Å². The number of aromatic carboxylic acids is 1. The second-order valence-corrected chi connectivity index (χ2v) is 2.98. The Kier molecular flexibility index (Phi) is 3.16. The highest BCUT2D eigenvalue weighted by molar-refractivity contribution is 5.90. The van der Waals surface area contributed by atoms with Crippen molar-refractivity contribution >= 4 is 5.97 Å². The number of carbonyl (C=O) groups is 1. The molecule has 76 valence electrons. The number of hydrogen-bond acceptors (Lipinski definition) is 4. The lowest BCUT2D eigenvalue weighted by molar-refractivity contribution is 0.0693. The van der Waals surface area contributed by atoms with Crippen molar-refractivity contribution in [2.45, 2.75) is 13.0 Å². The first-order chi connectivity index (χ1) is 6.57. The molecule has 0 aliphatic rings. The van der Waals surface area contributed by atoms with Crippen LogP contribution in [-0.4, -0.2) is 27.8 Å².